The van der Waals surface area contributed by atoms with Crippen LogP contribution in [-0.2, 0) is 9.59 Å². The second kappa shape index (κ2) is 8.50. The second-order valence-corrected chi connectivity index (χ2v) is 3.17. The molecular formula is C9H19N3O2. The van der Waals surface area contributed by atoms with Gasteiger partial charge in [0.1, 0.15) is 0 Å². The Morgan fingerprint density at radius 2 is 1.71 bits per heavy atom. The Kier molecular flexibility index (Phi) is 7.83. The topological polar surface area (TPSA) is 98.2 Å². The maximum atomic E-state index is 11.1. The van der Waals surface area contributed by atoms with Crippen LogP contribution in [0, 0.1) is 0 Å². The third kappa shape index (κ3) is 8.99. The molecule has 0 aromatic rings. The first-order chi connectivity index (χ1) is 6.66. The maximum Gasteiger partial charge on any atom is 0.219 e. The first-order valence-corrected chi connectivity index (χ1v) is 4.92. The first kappa shape index (κ1) is 12.9. The number of nitrogens with one attached hydrogen (secondary N) is 1. The highest BCUT2D eigenvalue weighted by molar-refractivity contribution is 5.76. The molecule has 0 unspecified atom stereocenters. The third-order valence-corrected chi connectivity index (χ3v) is 1.78. The number of rotatable bonds is 8. The van der Waals surface area contributed by atoms with E-state index in [9.17, 15) is 9.59 Å². The molecule has 82 valence electrons. The average Bonchev–Trinajstić information content (AvgIpc) is 2.13. The molecule has 0 aromatic heterocycles. The van der Waals surface area contributed by atoms with Gasteiger partial charge in [-0.25, -0.2) is 0 Å². The zero-order valence-electron chi connectivity index (χ0n) is 8.42. The summed E-state index contributed by atoms with van der Waals surface area (Å²) in [6.45, 7) is 1.22. The molecular weight excluding hydrogens is 182 g/mol. The van der Waals surface area contributed by atoms with E-state index in [1.807, 2.05) is 0 Å². The van der Waals surface area contributed by atoms with Crippen molar-refractivity contribution < 1.29 is 9.59 Å². The van der Waals surface area contributed by atoms with Crippen LogP contribution in [0.2, 0.25) is 0 Å². The van der Waals surface area contributed by atoms with Crippen molar-refractivity contribution >= 4 is 11.8 Å². The number of hydrogen-bond acceptors (Lipinski definition) is 3. The molecule has 0 saturated carbocycles. The van der Waals surface area contributed by atoms with Crippen LogP contribution in [0.3, 0.4) is 0 Å². The van der Waals surface area contributed by atoms with E-state index in [0.29, 0.717) is 38.8 Å². The monoisotopic (exact) mass is 201 g/mol. The van der Waals surface area contributed by atoms with Crippen molar-refractivity contribution in [3.05, 3.63) is 0 Å². The standard InChI is InChI=1S/C9H19N3O2/c10-6-3-7-12-9(14)5-2-1-4-8(11)13/h1-7,10H2,(H2,11,13)(H,12,14). The fraction of sp³-hybridized carbons (Fsp3) is 0.778. The molecule has 0 bridgehead atoms. The van der Waals surface area contributed by atoms with Gasteiger partial charge in [0.25, 0.3) is 0 Å². The molecule has 2 amide bonds. The lowest BCUT2D eigenvalue weighted by Gasteiger charge is -2.03. The minimum Gasteiger partial charge on any atom is -0.370 e. The number of nitrogens with two attached hydrogens (primary N) is 2. The quantitative estimate of drug-likeness (QED) is 0.461. The van der Waals surface area contributed by atoms with Crippen LogP contribution in [0.4, 0.5) is 0 Å². The Bertz CT molecular complexity index is 183. The van der Waals surface area contributed by atoms with E-state index in [1.54, 1.807) is 0 Å². The SMILES string of the molecule is NCCCNC(=O)CCCCC(N)=O. The minimum atomic E-state index is -0.312. The molecule has 0 aliphatic carbocycles. The van der Waals surface area contributed by atoms with Gasteiger partial charge in [0.15, 0.2) is 0 Å². The van der Waals surface area contributed by atoms with E-state index in [0.717, 1.165) is 6.42 Å². The van der Waals surface area contributed by atoms with E-state index >= 15 is 0 Å². The summed E-state index contributed by atoms with van der Waals surface area (Å²) in [5.74, 6) is -0.295. The minimum absolute atomic E-state index is 0.0166. The molecule has 0 fully saturated rings. The zero-order chi connectivity index (χ0) is 10.8. The van der Waals surface area contributed by atoms with Crippen molar-refractivity contribution in [1.29, 1.82) is 0 Å². The van der Waals surface area contributed by atoms with Crippen LogP contribution in [0.15, 0.2) is 0 Å². The fourth-order valence-corrected chi connectivity index (χ4v) is 1.00. The van der Waals surface area contributed by atoms with Crippen molar-refractivity contribution in [3.63, 3.8) is 0 Å². The molecule has 5 N–H and O–H groups in total. The van der Waals surface area contributed by atoms with E-state index in [-0.39, 0.29) is 11.8 Å². The summed E-state index contributed by atoms with van der Waals surface area (Å²) in [6.07, 6.45) is 3.00. The molecule has 0 saturated heterocycles. The molecule has 0 radical (unpaired) electrons. The predicted molar refractivity (Wildman–Crippen MR) is 54.3 cm³/mol. The summed E-state index contributed by atoms with van der Waals surface area (Å²) in [6, 6.07) is 0. The lowest BCUT2D eigenvalue weighted by molar-refractivity contribution is -0.122. The van der Waals surface area contributed by atoms with Gasteiger partial charge in [0.05, 0.1) is 0 Å². The predicted octanol–water partition coefficient (Wildman–Crippen LogP) is -0.503. The molecule has 0 atom stereocenters. The Balaban J connectivity index is 3.22. The number of hydrogen-bond donors (Lipinski definition) is 3. The van der Waals surface area contributed by atoms with Crippen molar-refractivity contribution in [1.82, 2.24) is 5.32 Å². The third-order valence-electron chi connectivity index (χ3n) is 1.78. The van der Waals surface area contributed by atoms with E-state index in [1.165, 1.54) is 0 Å². The molecule has 0 aromatic carbocycles. The number of unbranched alkanes of at least 4 members (excludes halogenated alkanes) is 1. The molecule has 0 aliphatic rings. The average molecular weight is 201 g/mol. The molecule has 0 spiro atoms. The van der Waals surface area contributed by atoms with Gasteiger partial charge in [0.2, 0.25) is 11.8 Å². The van der Waals surface area contributed by atoms with Gasteiger partial charge in [-0.3, -0.25) is 9.59 Å². The lowest BCUT2D eigenvalue weighted by Crippen LogP contribution is -2.25. The summed E-state index contributed by atoms with van der Waals surface area (Å²) in [5, 5.41) is 2.74. The number of amides is 2. The van der Waals surface area contributed by atoms with Crippen molar-refractivity contribution in [2.24, 2.45) is 11.5 Å². The highest BCUT2D eigenvalue weighted by Crippen LogP contribution is 1.98. The summed E-state index contributed by atoms with van der Waals surface area (Å²) in [7, 11) is 0. The summed E-state index contributed by atoms with van der Waals surface area (Å²) < 4.78 is 0. The molecule has 0 rings (SSSR count). The Labute approximate surface area is 84.2 Å². The van der Waals surface area contributed by atoms with Gasteiger partial charge in [0, 0.05) is 19.4 Å². The molecule has 0 heterocycles. The van der Waals surface area contributed by atoms with Gasteiger partial charge in [-0.2, -0.15) is 0 Å². The van der Waals surface area contributed by atoms with Gasteiger partial charge < -0.3 is 16.8 Å². The smallest absolute Gasteiger partial charge is 0.219 e. The van der Waals surface area contributed by atoms with Gasteiger partial charge >= 0.3 is 0 Å². The summed E-state index contributed by atoms with van der Waals surface area (Å²) in [4.78, 5) is 21.5. The second-order valence-electron chi connectivity index (χ2n) is 3.17. The Hall–Kier alpha value is -1.10. The van der Waals surface area contributed by atoms with Gasteiger partial charge in [-0.05, 0) is 25.8 Å². The summed E-state index contributed by atoms with van der Waals surface area (Å²) >= 11 is 0. The fourth-order valence-electron chi connectivity index (χ4n) is 1.00. The maximum absolute atomic E-state index is 11.1. The largest absolute Gasteiger partial charge is 0.370 e. The number of carbonyl (C=O) groups is 2. The van der Waals surface area contributed by atoms with E-state index < -0.39 is 0 Å². The normalized spacial score (nSPS) is 9.79. The van der Waals surface area contributed by atoms with Crippen LogP contribution in [0.25, 0.3) is 0 Å². The van der Waals surface area contributed by atoms with Crippen LogP contribution >= 0.6 is 0 Å². The zero-order valence-corrected chi connectivity index (χ0v) is 8.42. The van der Waals surface area contributed by atoms with Crippen molar-refractivity contribution in [3.8, 4) is 0 Å². The number of primary amides is 1. The molecule has 0 aliphatic heterocycles. The highest BCUT2D eigenvalue weighted by atomic mass is 16.1. The van der Waals surface area contributed by atoms with Gasteiger partial charge in [-0.1, -0.05) is 0 Å². The Morgan fingerprint density at radius 1 is 1.07 bits per heavy atom. The Morgan fingerprint density at radius 3 is 2.29 bits per heavy atom. The van der Waals surface area contributed by atoms with Crippen molar-refractivity contribution in [2.45, 2.75) is 32.1 Å². The van der Waals surface area contributed by atoms with Gasteiger partial charge in [-0.15, -0.1) is 0 Å². The first-order valence-electron chi connectivity index (χ1n) is 4.92. The highest BCUT2D eigenvalue weighted by Gasteiger charge is 2.00. The molecule has 14 heavy (non-hydrogen) atoms. The number of carbonyl (C=O) groups excluding carboxylic acids is 2. The van der Waals surface area contributed by atoms with E-state index in [4.69, 9.17) is 11.5 Å². The molecule has 5 nitrogen and oxygen atoms in total. The molecule has 5 heteroatoms. The van der Waals surface area contributed by atoms with Crippen LogP contribution in [0.5, 0.6) is 0 Å². The lowest BCUT2D eigenvalue weighted by atomic mass is 10.2. The van der Waals surface area contributed by atoms with Crippen LogP contribution in [0.1, 0.15) is 32.1 Å². The van der Waals surface area contributed by atoms with Crippen LogP contribution in [-0.4, -0.2) is 24.9 Å². The van der Waals surface area contributed by atoms with Crippen LogP contribution < -0.4 is 16.8 Å². The van der Waals surface area contributed by atoms with E-state index in [2.05, 4.69) is 5.32 Å². The summed E-state index contributed by atoms with van der Waals surface area (Å²) in [5.41, 5.74) is 10.2. The van der Waals surface area contributed by atoms with Crippen molar-refractivity contribution in [2.75, 3.05) is 13.1 Å².